The normalized spacial score (nSPS) is 25.3. The third kappa shape index (κ3) is 6.36. The van der Waals surface area contributed by atoms with Gasteiger partial charge in [-0.15, -0.1) is 0 Å². The molecule has 2 aromatic rings. The van der Waals surface area contributed by atoms with E-state index >= 15 is 0 Å². The van der Waals surface area contributed by atoms with Gasteiger partial charge in [-0.1, -0.05) is 40.0 Å². The Morgan fingerprint density at radius 1 is 1.05 bits per heavy atom. The molecule has 3 aliphatic rings. The first-order valence-corrected chi connectivity index (χ1v) is 15.6. The van der Waals surface area contributed by atoms with Crippen LogP contribution in [0.2, 0.25) is 0 Å². The summed E-state index contributed by atoms with van der Waals surface area (Å²) in [5.74, 6) is 4.11. The zero-order valence-electron chi connectivity index (χ0n) is 24.8. The second kappa shape index (κ2) is 12.3. The van der Waals surface area contributed by atoms with Crippen LogP contribution in [0.25, 0.3) is 11.2 Å². The highest BCUT2D eigenvalue weighted by Gasteiger charge is 2.32. The number of amidine groups is 1. The molecule has 3 fully saturated rings. The molecule has 10 nitrogen and oxygen atoms in total. The molecule has 1 aliphatic heterocycles. The number of nitrogens with two attached hydrogens (primary N) is 1. The molecular formula is C30H48N8O2. The van der Waals surface area contributed by atoms with Gasteiger partial charge in [-0.3, -0.25) is 0 Å². The van der Waals surface area contributed by atoms with Crippen molar-refractivity contribution < 1.29 is 9.90 Å². The van der Waals surface area contributed by atoms with Crippen LogP contribution < -0.4 is 16.0 Å². The minimum absolute atomic E-state index is 0.110. The fourth-order valence-electron chi connectivity index (χ4n) is 6.88. The van der Waals surface area contributed by atoms with Crippen LogP contribution in [0.5, 0.6) is 0 Å². The average molecular weight is 553 g/mol. The second-order valence-electron chi connectivity index (χ2n) is 13.1. The van der Waals surface area contributed by atoms with Gasteiger partial charge in [0.15, 0.2) is 23.1 Å². The Bertz CT molecular complexity index is 1210. The first kappa shape index (κ1) is 28.6. The highest BCUT2D eigenvalue weighted by Crippen LogP contribution is 2.37. The van der Waals surface area contributed by atoms with E-state index in [2.05, 4.69) is 47.5 Å². The molecule has 2 saturated carbocycles. The number of hydrogen-bond donors (Lipinski definition) is 3. The van der Waals surface area contributed by atoms with Crippen molar-refractivity contribution in [2.24, 2.45) is 34.4 Å². The highest BCUT2D eigenvalue weighted by molar-refractivity contribution is 6.01. The van der Waals surface area contributed by atoms with E-state index < -0.39 is 6.09 Å². The Balaban J connectivity index is 1.64. The van der Waals surface area contributed by atoms with Gasteiger partial charge in [0.2, 0.25) is 5.95 Å². The quantitative estimate of drug-likeness (QED) is 0.253. The zero-order chi connectivity index (χ0) is 28.4. The summed E-state index contributed by atoms with van der Waals surface area (Å²) in [6, 6.07) is 0.662. The number of nitrogens with zero attached hydrogens (tertiary/aromatic N) is 6. The number of carboxylic acid groups (broad SMARTS) is 1. The number of amides is 1. The second-order valence-corrected chi connectivity index (χ2v) is 13.1. The molecule has 1 saturated heterocycles. The summed E-state index contributed by atoms with van der Waals surface area (Å²) in [5, 5.41) is 12.9. The van der Waals surface area contributed by atoms with Crippen molar-refractivity contribution in [1.29, 1.82) is 0 Å². The van der Waals surface area contributed by atoms with Crippen LogP contribution in [0.1, 0.15) is 104 Å². The maximum Gasteiger partial charge on any atom is 0.433 e. The largest absolute Gasteiger partial charge is 0.463 e. The molecule has 0 bridgehead atoms. The van der Waals surface area contributed by atoms with Crippen molar-refractivity contribution >= 4 is 34.9 Å². The number of fused-ring (bicyclic) bond motifs is 1. The summed E-state index contributed by atoms with van der Waals surface area (Å²) in [4.78, 5) is 32.0. The molecule has 2 aliphatic carbocycles. The van der Waals surface area contributed by atoms with Crippen molar-refractivity contribution in [2.75, 3.05) is 16.8 Å². The summed E-state index contributed by atoms with van der Waals surface area (Å²) in [6.45, 7) is 11.0. The van der Waals surface area contributed by atoms with Crippen molar-refractivity contribution in [2.45, 2.75) is 117 Å². The van der Waals surface area contributed by atoms with Crippen LogP contribution in [-0.4, -0.2) is 55.2 Å². The van der Waals surface area contributed by atoms with Crippen LogP contribution in [0.4, 0.5) is 16.6 Å². The minimum Gasteiger partial charge on any atom is -0.463 e. The van der Waals surface area contributed by atoms with E-state index in [-0.39, 0.29) is 17.7 Å². The molecule has 5 rings (SSSR count). The third-order valence-corrected chi connectivity index (χ3v) is 9.45. The topological polar surface area (TPSA) is 135 Å². The van der Waals surface area contributed by atoms with Crippen molar-refractivity contribution in [3.05, 3.63) is 5.82 Å². The van der Waals surface area contributed by atoms with Gasteiger partial charge in [0.05, 0.1) is 0 Å². The summed E-state index contributed by atoms with van der Waals surface area (Å²) < 4.78 is 2.39. The van der Waals surface area contributed by atoms with Crippen LogP contribution in [0.15, 0.2) is 4.99 Å². The van der Waals surface area contributed by atoms with E-state index in [1.54, 1.807) is 0 Å². The Morgan fingerprint density at radius 2 is 1.80 bits per heavy atom. The Hall–Kier alpha value is -2.91. The molecule has 4 N–H and O–H groups in total. The molecule has 2 aromatic heterocycles. The molecule has 1 amide bonds. The van der Waals surface area contributed by atoms with E-state index in [0.29, 0.717) is 35.3 Å². The van der Waals surface area contributed by atoms with Gasteiger partial charge < -0.3 is 25.6 Å². The van der Waals surface area contributed by atoms with Crippen molar-refractivity contribution in [1.82, 2.24) is 19.5 Å². The molecule has 3 heterocycles. The maximum absolute atomic E-state index is 11.3. The number of nitrogens with one attached hydrogen (secondary N) is 1. The van der Waals surface area contributed by atoms with E-state index in [1.807, 2.05) is 0 Å². The lowest BCUT2D eigenvalue weighted by molar-refractivity contribution is 0.205. The van der Waals surface area contributed by atoms with Crippen LogP contribution in [0.3, 0.4) is 0 Å². The van der Waals surface area contributed by atoms with Gasteiger partial charge in [0.1, 0.15) is 5.52 Å². The molecule has 10 heteroatoms. The number of rotatable bonds is 9. The summed E-state index contributed by atoms with van der Waals surface area (Å²) in [6.07, 6.45) is 11.9. The summed E-state index contributed by atoms with van der Waals surface area (Å²) in [7, 11) is 0. The van der Waals surface area contributed by atoms with Crippen LogP contribution in [0, 0.1) is 23.7 Å². The predicted molar refractivity (Wildman–Crippen MR) is 160 cm³/mol. The minimum atomic E-state index is -1.36. The van der Waals surface area contributed by atoms with E-state index in [9.17, 15) is 9.90 Å². The SMILES string of the molecule is CC(C)C[C@H]1CCCCN1c1nc2nc(/C(N)=N/C(=O)O)nc(N[C@H](C)C3CCC3)c2n1CC1CCC(C)CC1. The van der Waals surface area contributed by atoms with Crippen molar-refractivity contribution in [3.8, 4) is 0 Å². The number of carbonyl (C=O) groups is 1. The molecule has 220 valence electrons. The lowest BCUT2D eigenvalue weighted by Gasteiger charge is -2.38. The van der Waals surface area contributed by atoms with Crippen LogP contribution in [-0.2, 0) is 6.54 Å². The third-order valence-electron chi connectivity index (χ3n) is 9.45. The van der Waals surface area contributed by atoms with E-state index in [4.69, 9.17) is 20.7 Å². The maximum atomic E-state index is 11.3. The van der Waals surface area contributed by atoms with Crippen molar-refractivity contribution in [3.63, 3.8) is 0 Å². The highest BCUT2D eigenvalue weighted by atomic mass is 16.4. The van der Waals surface area contributed by atoms with Gasteiger partial charge >= 0.3 is 6.09 Å². The lowest BCUT2D eigenvalue weighted by atomic mass is 9.80. The molecule has 0 aromatic carbocycles. The summed E-state index contributed by atoms with van der Waals surface area (Å²) in [5.41, 5.74) is 7.55. The number of imidazole rings is 1. The standard InChI is InChI=1S/C30H48N8O2/c1-18(2)16-23-10-5-6-15-37(23)29-36-27-24(38(29)17-21-13-11-19(3)12-14-21)26(32-20(4)22-8-7-9-22)34-28(35-27)25(31)33-30(39)40/h18-23H,5-17H2,1-4H3,(H2,31,33)(H,39,40)(H,32,34,35)/t19?,20-,21?,23-/m1/s1. The monoisotopic (exact) mass is 552 g/mol. The zero-order valence-corrected chi connectivity index (χ0v) is 24.8. The average Bonchev–Trinajstić information content (AvgIpc) is 3.22. The number of anilines is 2. The Morgan fingerprint density at radius 3 is 2.45 bits per heavy atom. The molecule has 0 spiro atoms. The van der Waals surface area contributed by atoms with E-state index in [0.717, 1.165) is 43.3 Å². The molecule has 0 radical (unpaired) electrons. The summed E-state index contributed by atoms with van der Waals surface area (Å²) >= 11 is 0. The van der Waals surface area contributed by atoms with Gasteiger partial charge in [-0.05, 0) is 82.0 Å². The number of aromatic nitrogens is 4. The molecule has 0 unspecified atom stereocenters. The molecular weight excluding hydrogens is 504 g/mol. The number of piperidine rings is 1. The fraction of sp³-hybridized carbons (Fsp3) is 0.767. The lowest BCUT2D eigenvalue weighted by Crippen LogP contribution is -2.42. The smallest absolute Gasteiger partial charge is 0.433 e. The number of aliphatic imine (C=N–C) groups is 1. The van der Waals surface area contributed by atoms with Gasteiger partial charge in [-0.2, -0.15) is 9.98 Å². The Labute approximate surface area is 238 Å². The fourth-order valence-corrected chi connectivity index (χ4v) is 6.88. The van der Waals surface area contributed by atoms with Gasteiger partial charge in [-0.25, -0.2) is 14.8 Å². The molecule has 2 atom stereocenters. The Kier molecular flexibility index (Phi) is 8.80. The number of hydrogen-bond acceptors (Lipinski definition) is 6. The van der Waals surface area contributed by atoms with Gasteiger partial charge in [0, 0.05) is 25.2 Å². The van der Waals surface area contributed by atoms with Gasteiger partial charge in [0.25, 0.3) is 0 Å². The predicted octanol–water partition coefficient (Wildman–Crippen LogP) is 6.04. The van der Waals surface area contributed by atoms with Crippen LogP contribution >= 0.6 is 0 Å². The molecule has 40 heavy (non-hydrogen) atoms. The first-order valence-electron chi connectivity index (χ1n) is 15.6. The first-order chi connectivity index (χ1) is 19.2. The van der Waals surface area contributed by atoms with E-state index in [1.165, 1.54) is 57.8 Å².